The summed E-state index contributed by atoms with van der Waals surface area (Å²) in [5.41, 5.74) is 0. The molecule has 0 saturated heterocycles. The van der Waals surface area contributed by atoms with E-state index in [0.717, 1.165) is 24.2 Å². The van der Waals surface area contributed by atoms with Gasteiger partial charge < -0.3 is 26.2 Å². The van der Waals surface area contributed by atoms with Crippen molar-refractivity contribution in [2.45, 2.75) is 71.8 Å². The first-order valence-electron chi connectivity index (χ1n) is 8.38. The molecule has 0 unspecified atom stereocenters. The Morgan fingerprint density at radius 3 is 1.15 bits per heavy atom. The summed E-state index contributed by atoms with van der Waals surface area (Å²) in [5.74, 6) is 0. The van der Waals surface area contributed by atoms with Gasteiger partial charge in [0.1, 0.15) is 0 Å². The van der Waals surface area contributed by atoms with Gasteiger partial charge in [0.25, 0.3) is 0 Å². The van der Waals surface area contributed by atoms with Crippen molar-refractivity contribution in [2.24, 2.45) is 0 Å². The van der Waals surface area contributed by atoms with E-state index in [2.05, 4.69) is 32.7 Å². The van der Waals surface area contributed by atoms with Gasteiger partial charge in [-0.1, -0.05) is 14.9 Å². The Hall–Kier alpha value is 0.628. The van der Waals surface area contributed by atoms with Crippen molar-refractivity contribution in [3.8, 4) is 0 Å². The van der Waals surface area contributed by atoms with Crippen molar-refractivity contribution in [2.75, 3.05) is 35.5 Å². The van der Waals surface area contributed by atoms with Crippen molar-refractivity contribution < 1.29 is 26.2 Å². The zero-order chi connectivity index (χ0) is 19.1. The Bertz CT molecular complexity index is 352. The van der Waals surface area contributed by atoms with Gasteiger partial charge in [-0.2, -0.15) is 0 Å². The van der Waals surface area contributed by atoms with E-state index in [9.17, 15) is 0 Å². The molecule has 0 saturated carbocycles. The fourth-order valence-corrected chi connectivity index (χ4v) is 19.0. The molecule has 0 fully saturated rings. The van der Waals surface area contributed by atoms with Gasteiger partial charge in [-0.15, -0.1) is 0 Å². The van der Waals surface area contributed by atoms with Crippen molar-refractivity contribution in [3.63, 3.8) is 0 Å². The minimum atomic E-state index is -2.53. The first-order valence-corrected chi connectivity index (χ1v) is 19.1. The molecule has 0 radical (unpaired) electrons. The minimum Gasteiger partial charge on any atom is -0.456 e. The third-order valence-electron chi connectivity index (χ3n) is 4.56. The Morgan fingerprint density at radius 1 is 0.500 bits per heavy atom. The van der Waals surface area contributed by atoms with E-state index < -0.39 is 34.0 Å². The highest BCUT2D eigenvalue weighted by molar-refractivity contribution is 6.86. The molecule has 0 aromatic carbocycles. The predicted molar refractivity (Wildman–Crippen MR) is 121 cm³/mol. The molecule has 0 aromatic rings. The van der Waals surface area contributed by atoms with Gasteiger partial charge in [-0.05, 0) is 50.9 Å². The summed E-state index contributed by atoms with van der Waals surface area (Å²) in [7, 11) is 0.313. The lowest BCUT2D eigenvalue weighted by atomic mass is 10.9. The molecule has 0 aliphatic heterocycles. The van der Waals surface area contributed by atoms with Crippen LogP contribution >= 0.6 is 0 Å². The molecule has 0 aliphatic rings. The van der Waals surface area contributed by atoms with E-state index in [0.29, 0.717) is 0 Å². The summed E-state index contributed by atoms with van der Waals surface area (Å²) >= 11 is 0. The molecule has 6 nitrogen and oxygen atoms in total. The van der Waals surface area contributed by atoms with Crippen LogP contribution in [0.3, 0.4) is 0 Å². The van der Waals surface area contributed by atoms with Gasteiger partial charge in [0.15, 0.2) is 16.6 Å². The second kappa shape index (κ2) is 13.0. The molecule has 162 valence electrons. The monoisotopic (exact) mass is 446 g/mol. The molecule has 0 spiro atoms. The average molecular weight is 447 g/mol. The summed E-state index contributed by atoms with van der Waals surface area (Å²) in [5, 5.41) is 0. The first-order chi connectivity index (χ1) is 10.9. The molecular formula is C16H46O6Si4. The fourth-order valence-electron chi connectivity index (χ4n) is 2.68. The maximum atomic E-state index is 6.68. The smallest absolute Gasteiger partial charge is 0.456 e. The van der Waals surface area contributed by atoms with Gasteiger partial charge in [-0.25, -0.2) is 0 Å². The van der Waals surface area contributed by atoms with Crippen molar-refractivity contribution in [1.29, 1.82) is 0 Å². The molecule has 26 heavy (non-hydrogen) atoms. The summed E-state index contributed by atoms with van der Waals surface area (Å²) in [6, 6.07) is 3.78. The van der Waals surface area contributed by atoms with Gasteiger partial charge in [0.2, 0.25) is 0 Å². The maximum Gasteiger partial charge on any atom is 0.499 e. The molecule has 0 N–H and O–H groups in total. The highest BCUT2D eigenvalue weighted by Gasteiger charge is 2.42. The molecule has 0 heterocycles. The number of rotatable bonds is 13. The number of hydrogen-bond donors (Lipinski definition) is 0. The van der Waals surface area contributed by atoms with Crippen LogP contribution in [0.2, 0.25) is 56.9 Å². The van der Waals surface area contributed by atoms with E-state index in [-0.39, 0.29) is 14.9 Å². The van der Waals surface area contributed by atoms with Gasteiger partial charge >= 0.3 is 17.4 Å². The third-order valence-corrected chi connectivity index (χ3v) is 18.5. The quantitative estimate of drug-likeness (QED) is 0.374. The van der Waals surface area contributed by atoms with Gasteiger partial charge in [-0.3, -0.25) is 0 Å². The van der Waals surface area contributed by atoms with Crippen molar-refractivity contribution in [3.05, 3.63) is 0 Å². The largest absolute Gasteiger partial charge is 0.499 e. The molecule has 0 bridgehead atoms. The Balaban J connectivity index is -0.00000264. The Morgan fingerprint density at radius 2 is 0.846 bits per heavy atom. The molecule has 0 aliphatic carbocycles. The van der Waals surface area contributed by atoms with Crippen LogP contribution in [0, 0.1) is 0 Å². The van der Waals surface area contributed by atoms with Crippen LogP contribution in [-0.4, -0.2) is 69.5 Å². The molecular weight excluding hydrogens is 401 g/mol. The van der Waals surface area contributed by atoms with Crippen LogP contribution in [0.5, 0.6) is 0 Å². The summed E-state index contributed by atoms with van der Waals surface area (Å²) in [6.07, 6.45) is 0. The highest BCUT2D eigenvalue weighted by atomic mass is 28.4. The maximum absolute atomic E-state index is 6.68. The minimum absolute atomic E-state index is 0. The fraction of sp³-hybridized carbons (Fsp3) is 1.00. The molecule has 0 rings (SSSR count). The molecule has 0 aromatic heterocycles. The van der Waals surface area contributed by atoms with E-state index in [1.54, 1.807) is 35.5 Å². The van der Waals surface area contributed by atoms with Gasteiger partial charge in [0, 0.05) is 41.6 Å². The third kappa shape index (κ3) is 10.8. The van der Waals surface area contributed by atoms with E-state index in [1.807, 2.05) is 0 Å². The summed E-state index contributed by atoms with van der Waals surface area (Å²) in [6.45, 7) is 11.2. The molecule has 0 atom stereocenters. The van der Waals surface area contributed by atoms with Crippen molar-refractivity contribution in [1.82, 2.24) is 0 Å². The standard InChI is InChI=1S/C14H38O6Si4.2CH4/c1-15-23(10,16-2)13-11-21(6,7)20-22(8,9)12-14-24(17-3,18-4)19-5;;/h11-14H2,1-10H3;2*1H4. The van der Waals surface area contributed by atoms with Crippen molar-refractivity contribution >= 4 is 34.0 Å². The first kappa shape index (κ1) is 31.3. The van der Waals surface area contributed by atoms with E-state index >= 15 is 0 Å². The van der Waals surface area contributed by atoms with Crippen LogP contribution in [-0.2, 0) is 26.2 Å². The molecule has 0 amide bonds. The van der Waals surface area contributed by atoms with E-state index in [4.69, 9.17) is 26.2 Å². The van der Waals surface area contributed by atoms with Crippen LogP contribution < -0.4 is 0 Å². The second-order valence-electron chi connectivity index (χ2n) is 7.46. The SMILES string of the molecule is C.C.CO[Si](C)(CC[Si](C)(C)O[Si](C)(C)CC[Si](OC)(OC)OC)OC. The zero-order valence-electron chi connectivity index (χ0n) is 17.3. The van der Waals surface area contributed by atoms with Crippen LogP contribution in [0.15, 0.2) is 0 Å². The zero-order valence-corrected chi connectivity index (χ0v) is 21.3. The second-order valence-corrected chi connectivity index (χ2v) is 23.0. The lowest BCUT2D eigenvalue weighted by Crippen LogP contribution is -2.49. The predicted octanol–water partition coefficient (Wildman–Crippen LogP) is 4.93. The van der Waals surface area contributed by atoms with Crippen LogP contribution in [0.1, 0.15) is 14.9 Å². The topological polar surface area (TPSA) is 55.4 Å². The molecule has 10 heteroatoms. The average Bonchev–Trinajstić information content (AvgIpc) is 2.53. The summed E-state index contributed by atoms with van der Waals surface area (Å²) < 4.78 is 34.5. The van der Waals surface area contributed by atoms with Crippen LogP contribution in [0.4, 0.5) is 0 Å². The lowest BCUT2D eigenvalue weighted by Gasteiger charge is -2.36. The van der Waals surface area contributed by atoms with Gasteiger partial charge in [0.05, 0.1) is 0 Å². The number of hydrogen-bond acceptors (Lipinski definition) is 6. The van der Waals surface area contributed by atoms with E-state index in [1.165, 1.54) is 0 Å². The lowest BCUT2D eigenvalue weighted by molar-refractivity contribution is 0.125. The normalized spacial score (nSPS) is 13.2. The highest BCUT2D eigenvalue weighted by Crippen LogP contribution is 2.29. The summed E-state index contributed by atoms with van der Waals surface area (Å²) in [4.78, 5) is 0. The Labute approximate surface area is 167 Å². The Kier molecular flexibility index (Phi) is 15.6. The van der Waals surface area contributed by atoms with Crippen LogP contribution in [0.25, 0.3) is 0 Å².